The molecule has 0 aromatic rings. The quantitative estimate of drug-likeness (QED) is 0.110. The smallest absolute Gasteiger partial charge is 0.224 e. The van der Waals surface area contributed by atoms with E-state index in [1.165, 1.54) is 95.7 Å². The summed E-state index contributed by atoms with van der Waals surface area (Å²) >= 11 is 0. The zero-order valence-electron chi connectivity index (χ0n) is 21.8. The van der Waals surface area contributed by atoms with Gasteiger partial charge in [-0.3, -0.25) is 9.28 Å². The molecule has 1 heterocycles. The third-order valence-corrected chi connectivity index (χ3v) is 7.20. The number of amidine groups is 1. The number of rotatable bonds is 21. The number of aliphatic imine (C=N–C) groups is 1. The molecular weight excluding hydrogens is 394 g/mol. The van der Waals surface area contributed by atoms with Crippen LogP contribution in [0.1, 0.15) is 130 Å². The number of nitrogens with zero attached hydrogens (tertiary/aromatic N) is 2. The predicted molar refractivity (Wildman–Crippen MR) is 140 cm³/mol. The second-order valence-corrected chi connectivity index (χ2v) is 9.82. The van der Waals surface area contributed by atoms with E-state index in [-0.39, 0.29) is 12.1 Å². The van der Waals surface area contributed by atoms with E-state index in [0.717, 1.165) is 37.0 Å². The minimum atomic E-state index is 0.0676. The van der Waals surface area contributed by atoms with Gasteiger partial charge in [0.2, 0.25) is 5.91 Å². The fourth-order valence-electron chi connectivity index (χ4n) is 5.14. The summed E-state index contributed by atoms with van der Waals surface area (Å²) in [6, 6.07) is 0. The van der Waals surface area contributed by atoms with Gasteiger partial charge in [0.05, 0.1) is 6.54 Å². The molecule has 1 N–H and O–H groups in total. The van der Waals surface area contributed by atoms with Crippen LogP contribution < -0.4 is 5.32 Å². The Kier molecular flexibility index (Phi) is 16.5. The van der Waals surface area contributed by atoms with Gasteiger partial charge in [-0.25, -0.2) is 4.99 Å². The van der Waals surface area contributed by atoms with E-state index in [9.17, 15) is 4.79 Å². The summed E-state index contributed by atoms with van der Waals surface area (Å²) in [7, 11) is 0. The van der Waals surface area contributed by atoms with Crippen molar-refractivity contribution in [3.05, 3.63) is 12.7 Å². The number of carbonyl (C=O) groups is 1. The molecular formula is C28H54N3O+. The molecule has 0 aromatic carbocycles. The Morgan fingerprint density at radius 2 is 1.44 bits per heavy atom. The minimum absolute atomic E-state index is 0.0676. The van der Waals surface area contributed by atoms with Crippen molar-refractivity contribution < 1.29 is 9.28 Å². The van der Waals surface area contributed by atoms with E-state index in [1.807, 2.05) is 6.08 Å². The lowest BCUT2D eigenvalue weighted by Gasteiger charge is -2.39. The summed E-state index contributed by atoms with van der Waals surface area (Å²) in [6.45, 7) is 13.2. The maximum Gasteiger partial charge on any atom is 0.224 e. The van der Waals surface area contributed by atoms with Crippen LogP contribution in [0.4, 0.5) is 0 Å². The van der Waals surface area contributed by atoms with Gasteiger partial charge >= 0.3 is 0 Å². The maximum atomic E-state index is 12.5. The topological polar surface area (TPSA) is 41.5 Å². The molecule has 0 fully saturated rings. The molecule has 1 aliphatic heterocycles. The molecule has 1 rings (SSSR count). The number of hydrogen-bond acceptors (Lipinski definition) is 2. The summed E-state index contributed by atoms with van der Waals surface area (Å²) in [6.07, 6.45) is 23.9. The van der Waals surface area contributed by atoms with Crippen LogP contribution in [0.3, 0.4) is 0 Å². The van der Waals surface area contributed by atoms with E-state index >= 15 is 0 Å². The van der Waals surface area contributed by atoms with Gasteiger partial charge in [-0.15, -0.1) is 0 Å². The molecule has 0 radical (unpaired) electrons. The summed E-state index contributed by atoms with van der Waals surface area (Å²) < 4.78 is 0.755. The van der Waals surface area contributed by atoms with E-state index in [0.29, 0.717) is 6.42 Å². The highest BCUT2D eigenvalue weighted by atomic mass is 16.1. The van der Waals surface area contributed by atoms with Crippen molar-refractivity contribution in [2.24, 2.45) is 4.99 Å². The fraction of sp³-hybridized carbons (Fsp3) is 0.857. The van der Waals surface area contributed by atoms with Gasteiger partial charge in [0.25, 0.3) is 0 Å². The van der Waals surface area contributed by atoms with Crippen LogP contribution >= 0.6 is 0 Å². The average molecular weight is 449 g/mol. The van der Waals surface area contributed by atoms with Crippen molar-refractivity contribution in [2.45, 2.75) is 136 Å². The van der Waals surface area contributed by atoms with Crippen molar-refractivity contribution in [1.29, 1.82) is 0 Å². The summed E-state index contributed by atoms with van der Waals surface area (Å²) in [5.74, 6) is 1.39. The first-order valence-corrected chi connectivity index (χ1v) is 13.9. The first-order valence-electron chi connectivity index (χ1n) is 13.9. The van der Waals surface area contributed by atoms with Gasteiger partial charge in [0.1, 0.15) is 13.1 Å². The number of hydrogen-bond donors (Lipinski definition) is 1. The number of unbranched alkanes of at least 4 members (excludes halogenated alkanes) is 14. The van der Waals surface area contributed by atoms with Crippen LogP contribution in [0.15, 0.2) is 17.6 Å². The van der Waals surface area contributed by atoms with Crippen molar-refractivity contribution in [1.82, 2.24) is 5.32 Å². The lowest BCUT2D eigenvalue weighted by molar-refractivity contribution is -0.857. The number of quaternary nitrogens is 1. The summed E-state index contributed by atoms with van der Waals surface area (Å²) in [5.41, 5.74) is 0. The van der Waals surface area contributed by atoms with E-state index < -0.39 is 0 Å². The number of amides is 1. The Morgan fingerprint density at radius 3 is 1.91 bits per heavy atom. The van der Waals surface area contributed by atoms with Gasteiger partial charge in [0, 0.05) is 19.8 Å². The fourth-order valence-corrected chi connectivity index (χ4v) is 5.14. The largest absolute Gasteiger partial charge is 0.307 e. The Labute approximate surface area is 199 Å². The van der Waals surface area contributed by atoms with Crippen LogP contribution in [0.5, 0.6) is 0 Å². The lowest BCUT2D eigenvalue weighted by Crippen LogP contribution is -2.62. The van der Waals surface area contributed by atoms with Gasteiger partial charge < -0.3 is 5.32 Å². The van der Waals surface area contributed by atoms with Crippen LogP contribution in [-0.4, -0.2) is 42.0 Å². The summed E-state index contributed by atoms with van der Waals surface area (Å²) in [4.78, 5) is 17.2. The minimum Gasteiger partial charge on any atom is -0.307 e. The number of carbonyl (C=O) groups excluding carboxylic acids is 1. The van der Waals surface area contributed by atoms with Crippen LogP contribution in [-0.2, 0) is 4.79 Å². The molecule has 1 aliphatic rings. The molecule has 32 heavy (non-hydrogen) atoms. The average Bonchev–Trinajstić information content (AvgIpc) is 3.20. The van der Waals surface area contributed by atoms with Crippen molar-refractivity contribution in [2.75, 3.05) is 19.6 Å². The zero-order chi connectivity index (χ0) is 23.5. The molecule has 0 aromatic heterocycles. The lowest BCUT2D eigenvalue weighted by atomic mass is 10.0. The van der Waals surface area contributed by atoms with E-state index in [2.05, 4.69) is 37.7 Å². The molecule has 0 aliphatic carbocycles. The summed E-state index contributed by atoms with van der Waals surface area (Å²) in [5, 5.41) is 3.27. The molecule has 1 amide bonds. The second-order valence-electron chi connectivity index (χ2n) is 9.82. The molecule has 0 bridgehead atoms. The van der Waals surface area contributed by atoms with E-state index in [1.54, 1.807) is 0 Å². The molecule has 0 saturated carbocycles. The van der Waals surface area contributed by atoms with Crippen LogP contribution in [0.2, 0.25) is 0 Å². The van der Waals surface area contributed by atoms with Crippen molar-refractivity contribution in [3.8, 4) is 0 Å². The monoisotopic (exact) mass is 448 g/mol. The van der Waals surface area contributed by atoms with Gasteiger partial charge in [-0.05, 0) is 12.5 Å². The maximum absolute atomic E-state index is 12.5. The highest BCUT2D eigenvalue weighted by Gasteiger charge is 2.41. The van der Waals surface area contributed by atoms with Crippen molar-refractivity contribution >= 4 is 11.7 Å². The standard InChI is InChI=1S/C28H53N3O/c1-5-8-9-10-11-12-13-14-15-16-17-18-19-20-21-22-28(32)30-26(4)31(24-6-2)25-23-29-27(31)7-3/h6,26H,2,5,7-25H2,1,3-4H3/p+1. The van der Waals surface area contributed by atoms with Crippen molar-refractivity contribution in [3.63, 3.8) is 0 Å². The van der Waals surface area contributed by atoms with Gasteiger partial charge in [-0.1, -0.05) is 110 Å². The highest BCUT2D eigenvalue weighted by Crippen LogP contribution is 2.22. The third-order valence-electron chi connectivity index (χ3n) is 7.20. The predicted octanol–water partition coefficient (Wildman–Crippen LogP) is 7.54. The third kappa shape index (κ3) is 11.1. The molecule has 4 nitrogen and oxygen atoms in total. The normalized spacial score (nSPS) is 19.0. The van der Waals surface area contributed by atoms with Gasteiger partial charge in [0.15, 0.2) is 12.0 Å². The SMILES string of the molecule is C=CC[N+]1(C(C)NC(=O)CCCCCCCCCCCCCCCCC)CCN=C1CC. The molecule has 186 valence electrons. The molecule has 2 atom stereocenters. The molecule has 0 spiro atoms. The second kappa shape index (κ2) is 18.3. The Hall–Kier alpha value is -1.16. The Bertz CT molecular complexity index is 531. The van der Waals surface area contributed by atoms with E-state index in [4.69, 9.17) is 0 Å². The first kappa shape index (κ1) is 28.9. The highest BCUT2D eigenvalue weighted by molar-refractivity contribution is 5.78. The zero-order valence-corrected chi connectivity index (χ0v) is 21.8. The molecule has 2 unspecified atom stereocenters. The Balaban J connectivity index is 2.01. The molecule has 4 heteroatoms. The van der Waals surface area contributed by atoms with Gasteiger partial charge in [-0.2, -0.15) is 0 Å². The Morgan fingerprint density at radius 1 is 0.938 bits per heavy atom. The van der Waals surface area contributed by atoms with Crippen LogP contribution in [0.25, 0.3) is 0 Å². The number of nitrogens with one attached hydrogen (secondary N) is 1. The molecule has 0 saturated heterocycles. The first-order chi connectivity index (χ1) is 15.6. The van der Waals surface area contributed by atoms with Crippen LogP contribution in [0, 0.1) is 0 Å².